The molecule has 8 aliphatic heterocycles. The van der Waals surface area contributed by atoms with Crippen LogP contribution in [0.15, 0.2) is 73.0 Å². The molecule has 33 atom stereocenters. The molecule has 0 spiro atoms. The average Bonchev–Trinajstić information content (AvgIpc) is 0.794. The molecule has 8 fully saturated rings. The molecule has 119 heavy (non-hydrogen) atoms. The van der Waals surface area contributed by atoms with Crippen LogP contribution in [-0.2, 0) is 47.4 Å². The normalized spacial score (nSPS) is 37.4. The Bertz CT molecular complexity index is 2940. The minimum absolute atomic E-state index is 0.0312. The molecule has 0 aromatic heterocycles. The van der Waals surface area contributed by atoms with E-state index in [9.17, 15) is 60.7 Å². The van der Waals surface area contributed by atoms with E-state index in [4.69, 9.17) is 58.2 Å². The van der Waals surface area contributed by atoms with Crippen LogP contribution in [0.1, 0.15) is 240 Å². The van der Waals surface area contributed by atoms with Crippen LogP contribution in [0.2, 0.25) is 0 Å². The number of ether oxygens (including phenoxy) is 10. The highest BCUT2D eigenvalue weighted by Gasteiger charge is 2.49. The first-order valence-electron chi connectivity index (χ1n) is 44.7. The van der Waals surface area contributed by atoms with Crippen LogP contribution in [0.25, 0.3) is 0 Å². The minimum Gasteiger partial charge on any atom is -0.490 e. The highest BCUT2D eigenvalue weighted by atomic mass is 16.6. The van der Waals surface area contributed by atoms with Crippen LogP contribution in [0.4, 0.5) is 0 Å². The van der Waals surface area contributed by atoms with Gasteiger partial charge in [0.2, 0.25) is 0 Å². The molecule has 8 aliphatic rings. The Kier molecular flexibility index (Phi) is 48.6. The lowest BCUT2D eigenvalue weighted by Crippen LogP contribution is -2.59. The van der Waals surface area contributed by atoms with Crippen LogP contribution in [0.5, 0.6) is 0 Å². The summed E-state index contributed by atoms with van der Waals surface area (Å²) in [7, 11) is 2.15. The van der Waals surface area contributed by atoms with Crippen LogP contribution >= 0.6 is 0 Å². The number of rotatable bonds is 17. The predicted molar refractivity (Wildman–Crippen MR) is 465 cm³/mol. The highest BCUT2D eigenvalue weighted by molar-refractivity contribution is 5.89. The van der Waals surface area contributed by atoms with Crippen LogP contribution in [-0.4, -0.2) is 271 Å². The molecule has 25 nitrogen and oxygen atoms in total. The Morgan fingerprint density at radius 2 is 0.731 bits per heavy atom. The number of benzene rings is 2. The Morgan fingerprint density at radius 3 is 1.05 bits per heavy atom. The summed E-state index contributed by atoms with van der Waals surface area (Å²) in [5.41, 5.74) is 6.42. The number of hydrogen-bond acceptors (Lipinski definition) is 25. The standard InChI is InChI=1S/2C17H24O5.C13H23NO2.C10H21NO3.C10H20O3.2C10H20O2.C7H16O/c2*1-10(2)16-15(19)11(3)14(18)13(22-16)9-21-17(20)12-7-5-4-6-8-12;1-8(2)12-13-11(6-9(3)15-12)14(5)7-10(4)16-13;1-5(2)10-9(13)6(3)8(12)7(4-11)14-10;1-5(2)10-9(12)6(3)8(11)7(4)13-10;2*1-6(2)10-9(11)7(3)5-8(4)12-10;1-4-7(8)5-6(2)3/h2*4-8,10-11,13-16,18-19H,9H2,1-3H3;8-9,11-13H,4,6-7H2,1-3,5H3;5-10,12-13H,4,11H2,1-3H3;5-12H,1-4H3;2*6-11H,5H2,1-4H3;6-8H,4-5H2,1-3H3/t2*11-,13+,14-,15+,16-;9-,11+,12+,13-;2*6-,7+,8-,9+,10-;2*7-,8+,9+,10-;/m0010000./s1. The van der Waals surface area contributed by atoms with Gasteiger partial charge in [0.25, 0.3) is 0 Å². The Labute approximate surface area is 716 Å². The lowest BCUT2D eigenvalue weighted by molar-refractivity contribution is -0.216. The molecular formula is C94H168N2O23. The second-order valence-electron chi connectivity index (χ2n) is 38.1. The van der Waals surface area contributed by atoms with E-state index in [-0.39, 0.29) is 140 Å². The lowest BCUT2D eigenvalue weighted by atomic mass is 9.84. The van der Waals surface area contributed by atoms with E-state index in [1.165, 1.54) is 0 Å². The van der Waals surface area contributed by atoms with Gasteiger partial charge in [0.15, 0.2) is 0 Å². The first-order valence-corrected chi connectivity index (χ1v) is 44.7. The molecule has 2 aromatic rings. The number of likely N-dealkylation sites (N-methyl/N-ethyl adjacent to an activating group) is 1. The number of hydrogen-bond donors (Lipinski definition) is 12. The van der Waals surface area contributed by atoms with Crippen LogP contribution < -0.4 is 5.73 Å². The largest absolute Gasteiger partial charge is 0.490 e. The summed E-state index contributed by atoms with van der Waals surface area (Å²) >= 11 is 0. The van der Waals surface area contributed by atoms with Gasteiger partial charge in [0.1, 0.15) is 37.3 Å². The fourth-order valence-corrected chi connectivity index (χ4v) is 16.7. The molecule has 692 valence electrons. The quantitative estimate of drug-likeness (QED) is 0.0655. The third-order valence-electron chi connectivity index (χ3n) is 24.5. The smallest absolute Gasteiger partial charge is 0.338 e. The number of aliphatic hydroxyl groups excluding tert-OH is 11. The van der Waals surface area contributed by atoms with Crippen molar-refractivity contribution in [1.29, 1.82) is 0 Å². The summed E-state index contributed by atoms with van der Waals surface area (Å²) in [6.45, 7) is 59.5. The van der Waals surface area contributed by atoms with Crippen molar-refractivity contribution < 1.29 is 113 Å². The third-order valence-corrected chi connectivity index (χ3v) is 24.5. The van der Waals surface area contributed by atoms with Gasteiger partial charge in [-0.3, -0.25) is 4.90 Å². The maximum absolute atomic E-state index is 11.9. The number of carbonyl (C=O) groups excluding carboxylic acids is 2. The van der Waals surface area contributed by atoms with E-state index in [1.54, 1.807) is 62.4 Å². The molecule has 0 bridgehead atoms. The fraction of sp³-hybridized carbons (Fsp3) is 0.830. The molecule has 0 radical (unpaired) electrons. The number of fused-ring (bicyclic) bond motifs is 1. The molecule has 10 rings (SSSR count). The fourth-order valence-electron chi connectivity index (χ4n) is 16.7. The van der Waals surface area contributed by atoms with Crippen molar-refractivity contribution in [3.63, 3.8) is 0 Å². The Morgan fingerprint density at radius 1 is 0.429 bits per heavy atom. The van der Waals surface area contributed by atoms with Gasteiger partial charge in [0.05, 0.1) is 164 Å². The van der Waals surface area contributed by atoms with Gasteiger partial charge in [-0.2, -0.15) is 0 Å². The molecule has 2 aromatic carbocycles. The Balaban J connectivity index is 0.000000358. The van der Waals surface area contributed by atoms with Gasteiger partial charge in [-0.05, 0) is 150 Å². The summed E-state index contributed by atoms with van der Waals surface area (Å²) in [5, 5.41) is 108. The molecule has 13 N–H and O–H groups in total. The van der Waals surface area contributed by atoms with Crippen molar-refractivity contribution in [3.05, 3.63) is 84.1 Å². The monoisotopic (exact) mass is 1690 g/mol. The first kappa shape index (κ1) is 109. The number of carbonyl (C=O) groups is 2. The summed E-state index contributed by atoms with van der Waals surface area (Å²) in [5.74, 6) is 2.44. The van der Waals surface area contributed by atoms with Gasteiger partial charge in [-0.15, -0.1) is 0 Å². The number of morpholine rings is 1. The SMILES string of the molecule is C=C1CN(C)[C@H]2C[C@@H](C)O[C@@H](C(C)C)[C@@H]2O1.CC(C)[C@@H]1O[C@H](C)C[C@H](C)[C@H]1O.CC(C)[C@@H]1O[C@H](C)C[C@H](C)[C@H]1O.CC(C)[C@@H]1O[C@H](C)[C@@H](O)[C@H](C)[C@H]1O.CC(C)[C@@H]1O[C@H](CN)[C@@H](O)[C@H](C)[C@H]1O.CC(C)[C@@H]1O[C@H](COC(=O)c2ccccc2)[C@@H](O)[C@H](C)[C@H]1O.CC(C)[C@@H]1O[C@H](COC(=O)c2ccccc2)[C@@H](O)[C@H](C)[C@H]1O.CCC(O)CC(C)C. The summed E-state index contributed by atoms with van der Waals surface area (Å²) in [6, 6.07) is 17.8. The van der Waals surface area contributed by atoms with E-state index in [0.717, 1.165) is 44.4 Å². The minimum atomic E-state index is -0.867. The zero-order chi connectivity index (χ0) is 90.6. The van der Waals surface area contributed by atoms with E-state index in [0.29, 0.717) is 77.5 Å². The number of aliphatic hydroxyl groups is 11. The summed E-state index contributed by atoms with van der Waals surface area (Å²) in [4.78, 5) is 26.2. The molecule has 0 saturated carbocycles. The van der Waals surface area contributed by atoms with Crippen molar-refractivity contribution >= 4 is 11.9 Å². The second kappa shape index (κ2) is 52.9. The molecule has 1 unspecified atom stereocenters. The van der Waals surface area contributed by atoms with Crippen molar-refractivity contribution in [3.8, 4) is 0 Å². The van der Waals surface area contributed by atoms with Gasteiger partial charge < -0.3 is 109 Å². The molecule has 0 aliphatic carbocycles. The summed E-state index contributed by atoms with van der Waals surface area (Å²) < 4.78 is 56.4. The van der Waals surface area contributed by atoms with E-state index >= 15 is 0 Å². The average molecular weight is 1690 g/mol. The molecule has 0 amide bonds. The van der Waals surface area contributed by atoms with Gasteiger partial charge >= 0.3 is 11.9 Å². The zero-order valence-electron chi connectivity index (χ0n) is 77.9. The second-order valence-corrected chi connectivity index (χ2v) is 38.1. The first-order chi connectivity index (χ1) is 55.4. The number of esters is 2. The summed E-state index contributed by atoms with van der Waals surface area (Å²) in [6.07, 6.45) is -2.90. The van der Waals surface area contributed by atoms with Gasteiger partial charge in [-0.1, -0.05) is 202 Å². The van der Waals surface area contributed by atoms with Crippen molar-refractivity contribution in [2.75, 3.05) is 33.4 Å². The molecular weight excluding hydrogens is 1530 g/mol. The van der Waals surface area contributed by atoms with Crippen LogP contribution in [0, 0.1) is 82.9 Å². The maximum Gasteiger partial charge on any atom is 0.338 e. The molecule has 8 saturated heterocycles. The van der Waals surface area contributed by atoms with Crippen molar-refractivity contribution in [2.45, 2.75) is 384 Å². The Hall–Kier alpha value is -3.88. The van der Waals surface area contributed by atoms with E-state index in [1.807, 2.05) is 95.2 Å². The number of nitrogens with two attached hydrogens (primary N) is 1. The highest BCUT2D eigenvalue weighted by Crippen LogP contribution is 2.38. The van der Waals surface area contributed by atoms with E-state index < -0.39 is 73.0 Å². The predicted octanol–water partition coefficient (Wildman–Crippen LogP) is 11.2. The zero-order valence-corrected chi connectivity index (χ0v) is 77.9. The lowest BCUT2D eigenvalue weighted by Gasteiger charge is -2.49. The molecule has 25 heteroatoms. The maximum atomic E-state index is 11.9. The molecule has 8 heterocycles. The van der Waals surface area contributed by atoms with Crippen molar-refractivity contribution in [2.24, 2.45) is 88.6 Å². The third kappa shape index (κ3) is 33.8. The van der Waals surface area contributed by atoms with Gasteiger partial charge in [0, 0.05) is 30.2 Å². The van der Waals surface area contributed by atoms with Crippen LogP contribution in [0.3, 0.4) is 0 Å². The topological polar surface area (TPSA) is 378 Å². The number of nitrogens with zero attached hydrogens (tertiary/aromatic N) is 1. The van der Waals surface area contributed by atoms with Gasteiger partial charge in [-0.25, -0.2) is 9.59 Å². The van der Waals surface area contributed by atoms with E-state index in [2.05, 4.69) is 109 Å². The van der Waals surface area contributed by atoms with Crippen molar-refractivity contribution in [1.82, 2.24) is 4.90 Å².